The highest BCUT2D eigenvalue weighted by molar-refractivity contribution is 7.71. The molecule has 4 aromatic rings. The van der Waals surface area contributed by atoms with Crippen LogP contribution in [-0.2, 0) is 6.54 Å². The van der Waals surface area contributed by atoms with Gasteiger partial charge in [0.2, 0.25) is 0 Å². The molecule has 1 amide bonds. The van der Waals surface area contributed by atoms with E-state index in [9.17, 15) is 9.59 Å². The van der Waals surface area contributed by atoms with E-state index in [0.717, 1.165) is 5.56 Å². The molecule has 0 fully saturated rings. The first-order chi connectivity index (χ1) is 14.0. The van der Waals surface area contributed by atoms with Gasteiger partial charge in [-0.05, 0) is 54.2 Å². The van der Waals surface area contributed by atoms with Gasteiger partial charge >= 0.3 is 0 Å². The predicted molar refractivity (Wildman–Crippen MR) is 117 cm³/mol. The van der Waals surface area contributed by atoms with Crippen molar-refractivity contribution in [1.29, 1.82) is 0 Å². The number of amides is 1. The molecule has 3 aromatic carbocycles. The van der Waals surface area contributed by atoms with E-state index < -0.39 is 0 Å². The molecule has 0 bridgehead atoms. The second-order valence-corrected chi connectivity index (χ2v) is 7.30. The van der Waals surface area contributed by atoms with E-state index in [4.69, 9.17) is 23.8 Å². The predicted octanol–water partition coefficient (Wildman–Crippen LogP) is 4.63. The van der Waals surface area contributed by atoms with Crippen molar-refractivity contribution in [2.24, 2.45) is 0 Å². The molecule has 1 heterocycles. The average Bonchev–Trinajstić information content (AvgIpc) is 2.72. The summed E-state index contributed by atoms with van der Waals surface area (Å²) < 4.78 is 1.60. The van der Waals surface area contributed by atoms with Crippen molar-refractivity contribution in [3.63, 3.8) is 0 Å². The fourth-order valence-corrected chi connectivity index (χ4v) is 3.56. The Morgan fingerprint density at radius 2 is 1.83 bits per heavy atom. The first-order valence-electron chi connectivity index (χ1n) is 8.90. The van der Waals surface area contributed by atoms with E-state index in [0.29, 0.717) is 33.7 Å². The zero-order chi connectivity index (χ0) is 20.4. The summed E-state index contributed by atoms with van der Waals surface area (Å²) in [6.45, 7) is 0.417. The Labute approximate surface area is 176 Å². The monoisotopic (exact) mass is 421 g/mol. The minimum Gasteiger partial charge on any atom is -0.348 e. The fraction of sp³-hybridized carbons (Fsp3) is 0.0455. The highest BCUT2D eigenvalue weighted by Gasteiger charge is 2.11. The van der Waals surface area contributed by atoms with Gasteiger partial charge < -0.3 is 10.3 Å². The number of carbonyl (C=O) groups excluding carboxylic acids is 1. The number of hydrogen-bond donors (Lipinski definition) is 2. The Hall–Kier alpha value is -3.22. The molecule has 0 atom stereocenters. The summed E-state index contributed by atoms with van der Waals surface area (Å²) in [6.07, 6.45) is 0. The minimum atomic E-state index is -0.276. The third-order valence-corrected chi connectivity index (χ3v) is 5.04. The summed E-state index contributed by atoms with van der Waals surface area (Å²) >= 11 is 11.4. The Bertz CT molecular complexity index is 1330. The summed E-state index contributed by atoms with van der Waals surface area (Å²) in [4.78, 5) is 28.6. The summed E-state index contributed by atoms with van der Waals surface area (Å²) in [5.74, 6) is -0.230. The third-order valence-electron chi connectivity index (χ3n) is 4.52. The number of benzene rings is 3. The van der Waals surface area contributed by atoms with E-state index in [1.54, 1.807) is 42.5 Å². The quantitative estimate of drug-likeness (QED) is 0.472. The molecule has 0 aliphatic heterocycles. The lowest BCUT2D eigenvalue weighted by Gasteiger charge is -2.10. The van der Waals surface area contributed by atoms with Crippen molar-refractivity contribution in [3.05, 3.63) is 104 Å². The number of carbonyl (C=O) groups is 1. The standard InChI is InChI=1S/C22H16ClN3O2S/c23-16-9-10-18-19(12-16)25-22(29)26(21(18)28)17-8-4-7-15(11-17)20(27)24-13-14-5-2-1-3-6-14/h1-12H,13H2,(H,24,27)(H,25,29). The van der Waals surface area contributed by atoms with Crippen molar-refractivity contribution < 1.29 is 4.79 Å². The van der Waals surface area contributed by atoms with Crippen LogP contribution in [0.3, 0.4) is 0 Å². The van der Waals surface area contributed by atoms with Gasteiger partial charge in [-0.2, -0.15) is 0 Å². The largest absolute Gasteiger partial charge is 0.348 e. The minimum absolute atomic E-state index is 0.228. The third kappa shape index (κ3) is 3.99. The molecule has 0 radical (unpaired) electrons. The number of nitrogens with one attached hydrogen (secondary N) is 2. The number of rotatable bonds is 4. The van der Waals surface area contributed by atoms with Crippen LogP contribution in [0.1, 0.15) is 15.9 Å². The number of hydrogen-bond acceptors (Lipinski definition) is 3. The van der Waals surface area contributed by atoms with E-state index in [1.807, 2.05) is 30.3 Å². The Balaban J connectivity index is 1.69. The highest BCUT2D eigenvalue weighted by Crippen LogP contribution is 2.17. The lowest BCUT2D eigenvalue weighted by atomic mass is 10.1. The Morgan fingerprint density at radius 3 is 2.62 bits per heavy atom. The van der Waals surface area contributed by atoms with Gasteiger partial charge in [0.15, 0.2) is 4.77 Å². The summed E-state index contributed by atoms with van der Waals surface area (Å²) in [7, 11) is 0. The molecule has 2 N–H and O–H groups in total. The molecule has 7 heteroatoms. The topological polar surface area (TPSA) is 66.9 Å². The molecule has 0 aliphatic carbocycles. The maximum Gasteiger partial charge on any atom is 0.266 e. The first kappa shape index (κ1) is 19.1. The van der Waals surface area contributed by atoms with E-state index in [-0.39, 0.29) is 16.2 Å². The number of fused-ring (bicyclic) bond motifs is 1. The summed E-state index contributed by atoms with van der Waals surface area (Å²) in [6, 6.07) is 21.4. The molecule has 1 aromatic heterocycles. The van der Waals surface area contributed by atoms with Crippen molar-refractivity contribution >= 4 is 40.6 Å². The second kappa shape index (κ2) is 8.03. The Morgan fingerprint density at radius 1 is 1.03 bits per heavy atom. The Kier molecular flexibility index (Phi) is 5.29. The molecule has 0 saturated carbocycles. The van der Waals surface area contributed by atoms with E-state index >= 15 is 0 Å². The highest BCUT2D eigenvalue weighted by atomic mass is 35.5. The lowest BCUT2D eigenvalue weighted by Crippen LogP contribution is -2.24. The molecule has 144 valence electrons. The van der Waals surface area contributed by atoms with Crippen LogP contribution in [0.5, 0.6) is 0 Å². The first-order valence-corrected chi connectivity index (χ1v) is 9.69. The van der Waals surface area contributed by atoms with Crippen molar-refractivity contribution in [1.82, 2.24) is 14.9 Å². The molecular weight excluding hydrogens is 406 g/mol. The molecular formula is C22H16ClN3O2S. The molecule has 0 unspecified atom stereocenters. The van der Waals surface area contributed by atoms with Crippen LogP contribution >= 0.6 is 23.8 Å². The van der Waals surface area contributed by atoms with Gasteiger partial charge in [0.05, 0.1) is 16.6 Å². The van der Waals surface area contributed by atoms with Crippen LogP contribution in [0, 0.1) is 4.77 Å². The van der Waals surface area contributed by atoms with E-state index in [1.165, 1.54) is 4.57 Å². The van der Waals surface area contributed by atoms with Gasteiger partial charge in [-0.25, -0.2) is 0 Å². The fourth-order valence-electron chi connectivity index (χ4n) is 3.09. The van der Waals surface area contributed by atoms with Gasteiger partial charge in [0, 0.05) is 17.1 Å². The van der Waals surface area contributed by atoms with Crippen LogP contribution in [0.4, 0.5) is 0 Å². The zero-order valence-corrected chi connectivity index (χ0v) is 16.8. The average molecular weight is 422 g/mol. The molecule has 0 aliphatic rings. The van der Waals surface area contributed by atoms with E-state index in [2.05, 4.69) is 10.3 Å². The summed E-state index contributed by atoms with van der Waals surface area (Å²) in [5.41, 5.74) is 2.25. The van der Waals surface area contributed by atoms with Crippen LogP contribution in [0.25, 0.3) is 16.6 Å². The van der Waals surface area contributed by atoms with Crippen LogP contribution < -0.4 is 10.9 Å². The van der Waals surface area contributed by atoms with Crippen molar-refractivity contribution in [3.8, 4) is 5.69 Å². The van der Waals surface area contributed by atoms with Gasteiger partial charge in [-0.3, -0.25) is 14.2 Å². The lowest BCUT2D eigenvalue weighted by molar-refractivity contribution is 0.0951. The maximum atomic E-state index is 13.0. The molecule has 4 rings (SSSR count). The smallest absolute Gasteiger partial charge is 0.266 e. The number of halogens is 1. The van der Waals surface area contributed by atoms with Gasteiger partial charge in [0.1, 0.15) is 0 Å². The summed E-state index contributed by atoms with van der Waals surface area (Å²) in [5, 5.41) is 3.86. The number of H-pyrrole nitrogens is 1. The molecule has 0 spiro atoms. The number of nitrogens with zero attached hydrogens (tertiary/aromatic N) is 1. The number of aromatic amines is 1. The zero-order valence-electron chi connectivity index (χ0n) is 15.2. The maximum absolute atomic E-state index is 13.0. The van der Waals surface area contributed by atoms with Crippen molar-refractivity contribution in [2.45, 2.75) is 6.54 Å². The molecule has 0 saturated heterocycles. The van der Waals surface area contributed by atoms with Gasteiger partial charge in [0.25, 0.3) is 11.5 Å². The van der Waals surface area contributed by atoms with Crippen LogP contribution in [-0.4, -0.2) is 15.5 Å². The normalized spacial score (nSPS) is 10.8. The number of aromatic nitrogens is 2. The SMILES string of the molecule is O=C(NCc1ccccc1)c1cccc(-n2c(=S)[nH]c3cc(Cl)ccc3c2=O)c1. The van der Waals surface area contributed by atoms with Crippen molar-refractivity contribution in [2.75, 3.05) is 0 Å². The molecule has 29 heavy (non-hydrogen) atoms. The van der Waals surface area contributed by atoms with Gasteiger partial charge in [-0.15, -0.1) is 0 Å². The van der Waals surface area contributed by atoms with Crippen LogP contribution in [0.2, 0.25) is 5.02 Å². The van der Waals surface area contributed by atoms with Gasteiger partial charge in [-0.1, -0.05) is 48.0 Å². The molecule has 5 nitrogen and oxygen atoms in total. The second-order valence-electron chi connectivity index (χ2n) is 6.48. The van der Waals surface area contributed by atoms with Crippen LogP contribution in [0.15, 0.2) is 77.6 Å².